The SMILES string of the molecule is COC(=O)c1cncn1C1c2ccccc2C(F)(F)C1(C)C. The summed E-state index contributed by atoms with van der Waals surface area (Å²) in [5.41, 5.74) is -0.747. The molecule has 0 spiro atoms. The van der Waals surface area contributed by atoms with Gasteiger partial charge in [0, 0.05) is 5.56 Å². The van der Waals surface area contributed by atoms with Crippen LogP contribution < -0.4 is 0 Å². The first-order valence-electron chi connectivity index (χ1n) is 6.89. The summed E-state index contributed by atoms with van der Waals surface area (Å²) >= 11 is 0. The Labute approximate surface area is 126 Å². The van der Waals surface area contributed by atoms with Crippen LogP contribution in [0, 0.1) is 5.41 Å². The summed E-state index contributed by atoms with van der Waals surface area (Å²) in [6.45, 7) is 3.00. The number of fused-ring (bicyclic) bond motifs is 1. The average molecular weight is 306 g/mol. The molecule has 1 aromatic carbocycles. The summed E-state index contributed by atoms with van der Waals surface area (Å²) in [5, 5.41) is 0. The number of carbonyl (C=O) groups is 1. The molecular weight excluding hydrogens is 290 g/mol. The lowest BCUT2D eigenvalue weighted by atomic mass is 9.82. The first-order valence-corrected chi connectivity index (χ1v) is 6.89. The second-order valence-corrected chi connectivity index (χ2v) is 5.96. The molecule has 0 saturated carbocycles. The highest BCUT2D eigenvalue weighted by Crippen LogP contribution is 2.60. The smallest absolute Gasteiger partial charge is 0.356 e. The van der Waals surface area contributed by atoms with E-state index in [-0.39, 0.29) is 11.3 Å². The van der Waals surface area contributed by atoms with Gasteiger partial charge in [0.2, 0.25) is 0 Å². The van der Waals surface area contributed by atoms with E-state index in [1.807, 2.05) is 0 Å². The lowest BCUT2D eigenvalue weighted by molar-refractivity contribution is -0.113. The van der Waals surface area contributed by atoms with Crippen LogP contribution in [-0.4, -0.2) is 22.6 Å². The number of benzene rings is 1. The maximum absolute atomic E-state index is 14.8. The summed E-state index contributed by atoms with van der Waals surface area (Å²) in [6, 6.07) is 5.73. The third-order valence-electron chi connectivity index (χ3n) is 4.43. The Bertz CT molecular complexity index is 737. The molecule has 1 unspecified atom stereocenters. The minimum atomic E-state index is -3.01. The lowest BCUT2D eigenvalue weighted by Crippen LogP contribution is -2.35. The van der Waals surface area contributed by atoms with Crippen LogP contribution in [0.2, 0.25) is 0 Å². The number of rotatable bonds is 2. The van der Waals surface area contributed by atoms with E-state index < -0.39 is 23.3 Å². The fraction of sp³-hybridized carbons (Fsp3) is 0.375. The Balaban J connectivity index is 2.24. The van der Waals surface area contributed by atoms with Crippen molar-refractivity contribution in [1.82, 2.24) is 9.55 Å². The third kappa shape index (κ3) is 1.73. The Morgan fingerprint density at radius 1 is 1.32 bits per heavy atom. The maximum atomic E-state index is 14.8. The van der Waals surface area contributed by atoms with Gasteiger partial charge in [0.1, 0.15) is 5.69 Å². The fourth-order valence-corrected chi connectivity index (χ4v) is 3.20. The molecule has 4 nitrogen and oxygen atoms in total. The van der Waals surface area contributed by atoms with Crippen LogP contribution in [0.25, 0.3) is 0 Å². The van der Waals surface area contributed by atoms with Gasteiger partial charge in [-0.25, -0.2) is 18.6 Å². The topological polar surface area (TPSA) is 44.1 Å². The number of nitrogens with zero attached hydrogens (tertiary/aromatic N) is 2. The van der Waals surface area contributed by atoms with Gasteiger partial charge in [-0.3, -0.25) is 0 Å². The molecule has 1 aliphatic rings. The van der Waals surface area contributed by atoms with Crippen molar-refractivity contribution < 1.29 is 18.3 Å². The van der Waals surface area contributed by atoms with Crippen LogP contribution in [0.15, 0.2) is 36.8 Å². The van der Waals surface area contributed by atoms with Crippen LogP contribution >= 0.6 is 0 Å². The molecule has 6 heteroatoms. The van der Waals surface area contributed by atoms with Gasteiger partial charge in [0.15, 0.2) is 0 Å². The van der Waals surface area contributed by atoms with Gasteiger partial charge in [0.05, 0.1) is 31.1 Å². The van der Waals surface area contributed by atoms with E-state index in [1.54, 1.807) is 18.2 Å². The van der Waals surface area contributed by atoms with Crippen molar-refractivity contribution in [3.8, 4) is 0 Å². The van der Waals surface area contributed by atoms with E-state index in [1.165, 1.54) is 44.1 Å². The van der Waals surface area contributed by atoms with Gasteiger partial charge in [-0.1, -0.05) is 38.1 Å². The number of methoxy groups -OCH3 is 1. The summed E-state index contributed by atoms with van der Waals surface area (Å²) < 4.78 is 35.8. The maximum Gasteiger partial charge on any atom is 0.356 e. The molecule has 116 valence electrons. The number of imidazole rings is 1. The summed E-state index contributed by atoms with van der Waals surface area (Å²) in [4.78, 5) is 15.8. The van der Waals surface area contributed by atoms with Gasteiger partial charge in [-0.15, -0.1) is 0 Å². The number of esters is 1. The zero-order valence-corrected chi connectivity index (χ0v) is 12.5. The van der Waals surface area contributed by atoms with Gasteiger partial charge < -0.3 is 9.30 Å². The van der Waals surface area contributed by atoms with Crippen LogP contribution in [-0.2, 0) is 10.7 Å². The predicted molar refractivity (Wildman–Crippen MR) is 75.8 cm³/mol. The normalized spacial score (nSPS) is 21.4. The van der Waals surface area contributed by atoms with Gasteiger partial charge in [-0.2, -0.15) is 0 Å². The van der Waals surface area contributed by atoms with Crippen LogP contribution in [0.1, 0.15) is 41.5 Å². The second kappa shape index (κ2) is 4.63. The van der Waals surface area contributed by atoms with E-state index >= 15 is 0 Å². The van der Waals surface area contributed by atoms with Crippen molar-refractivity contribution in [3.63, 3.8) is 0 Å². The number of carbonyl (C=O) groups excluding carboxylic acids is 1. The number of hydrogen-bond donors (Lipinski definition) is 0. The Morgan fingerprint density at radius 3 is 2.68 bits per heavy atom. The molecule has 0 aliphatic heterocycles. The molecule has 0 fully saturated rings. The summed E-state index contributed by atoms with van der Waals surface area (Å²) in [6.07, 6.45) is 2.73. The molecule has 1 heterocycles. The van der Waals surface area contributed by atoms with Crippen molar-refractivity contribution in [2.45, 2.75) is 25.8 Å². The fourth-order valence-electron chi connectivity index (χ4n) is 3.20. The zero-order chi connectivity index (χ0) is 16.1. The largest absolute Gasteiger partial charge is 0.464 e. The van der Waals surface area contributed by atoms with E-state index in [4.69, 9.17) is 4.74 Å². The molecule has 3 rings (SSSR count). The zero-order valence-electron chi connectivity index (χ0n) is 12.5. The highest BCUT2D eigenvalue weighted by Gasteiger charge is 2.61. The summed E-state index contributed by atoms with van der Waals surface area (Å²) in [5.74, 6) is -3.60. The lowest BCUT2D eigenvalue weighted by Gasteiger charge is -2.34. The molecule has 1 aromatic heterocycles. The second-order valence-electron chi connectivity index (χ2n) is 5.96. The van der Waals surface area contributed by atoms with Crippen molar-refractivity contribution in [2.24, 2.45) is 5.41 Å². The highest BCUT2D eigenvalue weighted by atomic mass is 19.3. The van der Waals surface area contributed by atoms with E-state index in [0.29, 0.717) is 5.56 Å². The molecule has 0 bridgehead atoms. The third-order valence-corrected chi connectivity index (χ3v) is 4.43. The molecule has 0 saturated heterocycles. The Kier molecular flexibility index (Phi) is 3.09. The van der Waals surface area contributed by atoms with Crippen LogP contribution in [0.4, 0.5) is 8.78 Å². The Hall–Kier alpha value is -2.24. The first kappa shape index (κ1) is 14.7. The van der Waals surface area contributed by atoms with E-state index in [9.17, 15) is 13.6 Å². The molecule has 2 aromatic rings. The van der Waals surface area contributed by atoms with E-state index in [0.717, 1.165) is 0 Å². The van der Waals surface area contributed by atoms with Gasteiger partial charge >= 0.3 is 5.97 Å². The number of halogens is 2. The van der Waals surface area contributed by atoms with E-state index in [2.05, 4.69) is 4.98 Å². The molecule has 1 aliphatic carbocycles. The average Bonchev–Trinajstić information content (AvgIpc) is 3.00. The van der Waals surface area contributed by atoms with Crippen molar-refractivity contribution in [3.05, 3.63) is 53.6 Å². The highest BCUT2D eigenvalue weighted by molar-refractivity contribution is 5.87. The molecule has 1 atom stereocenters. The van der Waals surface area contributed by atoms with Gasteiger partial charge in [-0.05, 0) is 5.56 Å². The molecule has 22 heavy (non-hydrogen) atoms. The number of aromatic nitrogens is 2. The predicted octanol–water partition coefficient (Wildman–Crippen LogP) is 3.39. The van der Waals surface area contributed by atoms with Crippen LogP contribution in [0.3, 0.4) is 0 Å². The van der Waals surface area contributed by atoms with Crippen molar-refractivity contribution in [2.75, 3.05) is 7.11 Å². The number of hydrogen-bond acceptors (Lipinski definition) is 3. The number of alkyl halides is 2. The standard InChI is InChI=1S/C16H16F2N2O2/c1-15(2)13(20-9-19-8-12(20)14(21)22-3)10-6-4-5-7-11(10)16(15,17)18/h4-9,13H,1-3H3. The number of ether oxygens (including phenoxy) is 1. The molecule has 0 radical (unpaired) electrons. The molecule has 0 amide bonds. The quantitative estimate of drug-likeness (QED) is 0.799. The van der Waals surface area contributed by atoms with Crippen LogP contribution in [0.5, 0.6) is 0 Å². The van der Waals surface area contributed by atoms with Gasteiger partial charge in [0.25, 0.3) is 5.92 Å². The molecule has 0 N–H and O–H groups in total. The first-order chi connectivity index (χ1) is 10.3. The van der Waals surface area contributed by atoms with Crippen molar-refractivity contribution in [1.29, 1.82) is 0 Å². The Morgan fingerprint density at radius 2 is 2.00 bits per heavy atom. The van der Waals surface area contributed by atoms with Crippen molar-refractivity contribution >= 4 is 5.97 Å². The summed E-state index contributed by atoms with van der Waals surface area (Å²) in [7, 11) is 1.25. The molecular formula is C16H16F2N2O2. The minimum Gasteiger partial charge on any atom is -0.464 e. The monoisotopic (exact) mass is 306 g/mol. The minimum absolute atomic E-state index is 0.00508.